The van der Waals surface area contributed by atoms with E-state index in [1.807, 2.05) is 24.3 Å². The van der Waals surface area contributed by atoms with Gasteiger partial charge in [-0.3, -0.25) is 4.79 Å². The van der Waals surface area contributed by atoms with Gasteiger partial charge in [-0.25, -0.2) is 13.1 Å². The van der Waals surface area contributed by atoms with Gasteiger partial charge in [0, 0.05) is 35.8 Å². The van der Waals surface area contributed by atoms with Crippen molar-refractivity contribution < 1.29 is 17.9 Å². The van der Waals surface area contributed by atoms with E-state index in [9.17, 15) is 13.2 Å². The summed E-state index contributed by atoms with van der Waals surface area (Å²) in [4.78, 5) is 14.4. The van der Waals surface area contributed by atoms with Crippen LogP contribution < -0.4 is 9.46 Å². The fourth-order valence-corrected chi connectivity index (χ4v) is 4.62. The number of rotatable bonds is 6. The molecule has 1 saturated heterocycles. The summed E-state index contributed by atoms with van der Waals surface area (Å²) in [7, 11) is -2.02. The predicted octanol–water partition coefficient (Wildman–Crippen LogP) is 3.33. The van der Waals surface area contributed by atoms with Gasteiger partial charge in [0.15, 0.2) is 0 Å². The van der Waals surface area contributed by atoms with Crippen molar-refractivity contribution >= 4 is 33.6 Å². The Morgan fingerprint density at radius 1 is 1.14 bits per heavy atom. The van der Waals surface area contributed by atoms with Crippen molar-refractivity contribution in [3.8, 4) is 5.75 Å². The summed E-state index contributed by atoms with van der Waals surface area (Å²) in [6, 6.07) is 13.3. The lowest BCUT2D eigenvalue weighted by Gasteiger charge is -2.31. The molecule has 154 valence electrons. The number of hydrogen-bond acceptors (Lipinski definition) is 4. The van der Waals surface area contributed by atoms with Crippen molar-refractivity contribution in [1.82, 2.24) is 9.62 Å². The maximum atomic E-state index is 12.5. The molecule has 2 aromatic carbocycles. The van der Waals surface area contributed by atoms with Crippen LogP contribution >= 0.6 is 11.6 Å². The summed E-state index contributed by atoms with van der Waals surface area (Å²) in [5.41, 5.74) is 0.828. The van der Waals surface area contributed by atoms with E-state index in [-0.39, 0.29) is 16.8 Å². The van der Waals surface area contributed by atoms with Crippen LogP contribution in [-0.2, 0) is 14.8 Å². The van der Waals surface area contributed by atoms with E-state index >= 15 is 0 Å². The number of carbonyl (C=O) groups excluding carboxylic acids is 1. The standard InChI is InChI=1S/C21H23ClN2O4S/c1-28-20-5-3-2-4-16(20)6-11-21(25)24-14-12-18(13-15-24)23-29(26,27)19-9-7-17(22)8-10-19/h2-11,18,23H,12-15H2,1H3/b11-6+. The molecule has 1 aliphatic heterocycles. The van der Waals surface area contributed by atoms with E-state index in [1.165, 1.54) is 18.2 Å². The fraction of sp³-hybridized carbons (Fsp3) is 0.286. The minimum atomic E-state index is -3.61. The Morgan fingerprint density at radius 3 is 2.45 bits per heavy atom. The highest BCUT2D eigenvalue weighted by molar-refractivity contribution is 7.89. The zero-order chi connectivity index (χ0) is 20.9. The first-order chi connectivity index (χ1) is 13.9. The maximum absolute atomic E-state index is 12.5. The summed E-state index contributed by atoms with van der Waals surface area (Å²) in [6.45, 7) is 0.978. The van der Waals surface area contributed by atoms with Gasteiger partial charge < -0.3 is 9.64 Å². The van der Waals surface area contributed by atoms with Gasteiger partial charge in [-0.1, -0.05) is 29.8 Å². The van der Waals surface area contributed by atoms with Crippen LogP contribution in [0.1, 0.15) is 18.4 Å². The lowest BCUT2D eigenvalue weighted by atomic mass is 10.1. The van der Waals surface area contributed by atoms with Crippen LogP contribution in [0.25, 0.3) is 6.08 Å². The molecule has 3 rings (SSSR count). The minimum Gasteiger partial charge on any atom is -0.496 e. The first-order valence-electron chi connectivity index (χ1n) is 9.27. The number of ether oxygens (including phenoxy) is 1. The van der Waals surface area contributed by atoms with Crippen molar-refractivity contribution in [3.05, 3.63) is 65.2 Å². The summed E-state index contributed by atoms with van der Waals surface area (Å²) >= 11 is 5.82. The molecule has 0 bridgehead atoms. The van der Waals surface area contributed by atoms with Crippen LogP contribution in [0.2, 0.25) is 5.02 Å². The molecule has 0 saturated carbocycles. The Labute approximate surface area is 176 Å². The van der Waals surface area contributed by atoms with E-state index in [0.717, 1.165) is 5.56 Å². The van der Waals surface area contributed by atoms with Crippen LogP contribution in [0.4, 0.5) is 0 Å². The summed E-state index contributed by atoms with van der Waals surface area (Å²) in [5.74, 6) is 0.599. The van der Waals surface area contributed by atoms with E-state index in [1.54, 1.807) is 30.2 Å². The molecule has 1 amide bonds. The van der Waals surface area contributed by atoms with Gasteiger partial charge in [0.05, 0.1) is 12.0 Å². The molecule has 1 heterocycles. The van der Waals surface area contributed by atoms with Gasteiger partial charge in [0.25, 0.3) is 0 Å². The summed E-state index contributed by atoms with van der Waals surface area (Å²) in [6.07, 6.45) is 4.37. The number of para-hydroxylation sites is 1. The average molecular weight is 435 g/mol. The third kappa shape index (κ3) is 5.59. The Bertz CT molecular complexity index is 982. The second-order valence-corrected chi connectivity index (χ2v) is 8.90. The topological polar surface area (TPSA) is 75.7 Å². The molecule has 1 aliphatic rings. The van der Waals surface area contributed by atoms with Crippen LogP contribution in [0.15, 0.2) is 59.5 Å². The molecule has 1 N–H and O–H groups in total. The Hall–Kier alpha value is -2.35. The number of likely N-dealkylation sites (tertiary alicyclic amines) is 1. The zero-order valence-corrected chi connectivity index (χ0v) is 17.6. The quantitative estimate of drug-likeness (QED) is 0.707. The third-order valence-electron chi connectivity index (χ3n) is 4.80. The molecule has 8 heteroatoms. The first-order valence-corrected chi connectivity index (χ1v) is 11.1. The highest BCUT2D eigenvalue weighted by atomic mass is 35.5. The van der Waals surface area contributed by atoms with Gasteiger partial charge in [-0.05, 0) is 49.2 Å². The van der Waals surface area contributed by atoms with Crippen LogP contribution in [0, 0.1) is 0 Å². The number of carbonyl (C=O) groups is 1. The lowest BCUT2D eigenvalue weighted by molar-refractivity contribution is -0.126. The van der Waals surface area contributed by atoms with E-state index in [0.29, 0.717) is 36.7 Å². The second kappa shape index (κ2) is 9.43. The molecule has 1 fully saturated rings. The van der Waals surface area contributed by atoms with Crippen molar-refractivity contribution in [2.75, 3.05) is 20.2 Å². The molecular weight excluding hydrogens is 412 g/mol. The van der Waals surface area contributed by atoms with Crippen LogP contribution in [0.3, 0.4) is 0 Å². The molecule has 0 radical (unpaired) electrons. The number of piperidine rings is 1. The van der Waals surface area contributed by atoms with Gasteiger partial charge in [-0.2, -0.15) is 0 Å². The second-order valence-electron chi connectivity index (χ2n) is 6.75. The number of nitrogens with one attached hydrogen (secondary N) is 1. The largest absolute Gasteiger partial charge is 0.496 e. The van der Waals surface area contributed by atoms with Crippen LogP contribution in [0.5, 0.6) is 5.75 Å². The van der Waals surface area contributed by atoms with E-state index < -0.39 is 10.0 Å². The lowest BCUT2D eigenvalue weighted by Crippen LogP contribution is -2.46. The van der Waals surface area contributed by atoms with Gasteiger partial charge in [0.1, 0.15) is 5.75 Å². The molecule has 0 unspecified atom stereocenters. The number of benzene rings is 2. The predicted molar refractivity (Wildman–Crippen MR) is 113 cm³/mol. The van der Waals surface area contributed by atoms with Crippen molar-refractivity contribution in [2.45, 2.75) is 23.8 Å². The Morgan fingerprint density at radius 2 is 1.79 bits per heavy atom. The number of hydrogen-bond donors (Lipinski definition) is 1. The van der Waals surface area contributed by atoms with E-state index in [2.05, 4.69) is 4.72 Å². The van der Waals surface area contributed by atoms with Crippen LogP contribution in [-0.4, -0.2) is 45.5 Å². The molecule has 0 spiro atoms. The molecule has 2 aromatic rings. The molecular formula is C21H23ClN2O4S. The Kier molecular flexibility index (Phi) is 6.95. The highest BCUT2D eigenvalue weighted by Gasteiger charge is 2.26. The molecule has 0 atom stereocenters. The van der Waals surface area contributed by atoms with Crippen molar-refractivity contribution in [3.63, 3.8) is 0 Å². The summed E-state index contributed by atoms with van der Waals surface area (Å²) in [5, 5.41) is 0.483. The minimum absolute atomic E-state index is 0.102. The fourth-order valence-electron chi connectivity index (χ4n) is 3.19. The first kappa shape index (κ1) is 21.4. The number of methoxy groups -OCH3 is 1. The molecule has 0 aliphatic carbocycles. The maximum Gasteiger partial charge on any atom is 0.246 e. The molecule has 0 aromatic heterocycles. The van der Waals surface area contributed by atoms with Crippen molar-refractivity contribution in [1.29, 1.82) is 0 Å². The number of halogens is 1. The molecule has 6 nitrogen and oxygen atoms in total. The zero-order valence-electron chi connectivity index (χ0n) is 16.0. The SMILES string of the molecule is COc1ccccc1/C=C/C(=O)N1CCC(NS(=O)(=O)c2ccc(Cl)cc2)CC1. The smallest absolute Gasteiger partial charge is 0.246 e. The van der Waals surface area contributed by atoms with Gasteiger partial charge in [0.2, 0.25) is 15.9 Å². The average Bonchev–Trinajstić information content (AvgIpc) is 2.72. The third-order valence-corrected chi connectivity index (χ3v) is 6.59. The number of nitrogens with zero attached hydrogens (tertiary/aromatic N) is 1. The Balaban J connectivity index is 1.55. The number of sulfonamides is 1. The summed E-state index contributed by atoms with van der Waals surface area (Å²) < 4.78 is 33.0. The highest BCUT2D eigenvalue weighted by Crippen LogP contribution is 2.20. The normalized spacial score (nSPS) is 15.6. The molecule has 29 heavy (non-hydrogen) atoms. The van der Waals surface area contributed by atoms with Gasteiger partial charge >= 0.3 is 0 Å². The van der Waals surface area contributed by atoms with Crippen molar-refractivity contribution in [2.24, 2.45) is 0 Å². The monoisotopic (exact) mass is 434 g/mol. The number of amides is 1. The van der Waals surface area contributed by atoms with Gasteiger partial charge in [-0.15, -0.1) is 0 Å². The van der Waals surface area contributed by atoms with E-state index in [4.69, 9.17) is 16.3 Å².